The van der Waals surface area contributed by atoms with Crippen LogP contribution in [-0.4, -0.2) is 37.2 Å². The van der Waals surface area contributed by atoms with Crippen molar-refractivity contribution >= 4 is 17.9 Å². The van der Waals surface area contributed by atoms with Crippen LogP contribution in [0.5, 0.6) is 0 Å². The second kappa shape index (κ2) is 68.3. The number of allylic oxidation sites excluding steroid dienone is 20. The van der Waals surface area contributed by atoms with Crippen molar-refractivity contribution in [2.45, 2.75) is 322 Å². The zero-order valence-electron chi connectivity index (χ0n) is 53.0. The molecular weight excluding hydrogens is 997 g/mol. The van der Waals surface area contributed by atoms with Crippen molar-refractivity contribution in [2.24, 2.45) is 0 Å². The van der Waals surface area contributed by atoms with Crippen molar-refractivity contribution in [1.29, 1.82) is 0 Å². The van der Waals surface area contributed by atoms with Crippen LogP contribution >= 0.6 is 0 Å². The van der Waals surface area contributed by atoms with E-state index < -0.39 is 6.10 Å². The summed E-state index contributed by atoms with van der Waals surface area (Å²) >= 11 is 0. The Morgan fingerprint density at radius 2 is 0.481 bits per heavy atom. The van der Waals surface area contributed by atoms with Gasteiger partial charge in [0.05, 0.1) is 0 Å². The standard InChI is InChI=1S/C75H126O6/c1-4-7-10-13-16-19-22-25-28-30-32-34-35-36-37-38-39-41-42-44-47-50-53-56-59-62-65-68-74(77)80-71-72(70-79-73(76)67-64-61-58-55-52-49-46-27-24-21-18-15-12-9-6-3)81-75(78)69-66-63-60-57-54-51-48-45-43-40-33-31-29-26-23-20-17-14-11-8-5-2/h8,11,17-18,20-22,25-27,29-30,32-33,40,45-46,48,54,57,72H,4-7,9-10,12-16,19,23-24,28,31,34-39,41-44,47,49-53,55-56,58-71H2,1-3H3/b11-8-,20-17-,21-18-,25-22-,29-26-,32-30-,40-33-,46-27-,48-45-,57-54-. The predicted molar refractivity (Wildman–Crippen MR) is 353 cm³/mol. The number of unbranched alkanes of at least 4 members (excludes halogenated alkanes) is 30. The lowest BCUT2D eigenvalue weighted by Gasteiger charge is -2.18. The van der Waals surface area contributed by atoms with Crippen LogP contribution in [0.3, 0.4) is 0 Å². The Morgan fingerprint density at radius 3 is 0.802 bits per heavy atom. The zero-order valence-corrected chi connectivity index (χ0v) is 53.0. The van der Waals surface area contributed by atoms with Crippen LogP contribution in [0.15, 0.2) is 122 Å². The van der Waals surface area contributed by atoms with Gasteiger partial charge in [-0.1, -0.05) is 284 Å². The van der Waals surface area contributed by atoms with E-state index in [1.165, 1.54) is 148 Å². The quantitative estimate of drug-likeness (QED) is 0.0261. The number of ether oxygens (including phenoxy) is 3. The van der Waals surface area contributed by atoms with Crippen LogP contribution in [0.4, 0.5) is 0 Å². The summed E-state index contributed by atoms with van der Waals surface area (Å²) in [7, 11) is 0. The normalized spacial score (nSPS) is 12.9. The number of esters is 3. The Hall–Kier alpha value is -4.19. The molecule has 0 saturated heterocycles. The summed E-state index contributed by atoms with van der Waals surface area (Å²) in [4.78, 5) is 38.4. The molecule has 0 aromatic rings. The molecule has 0 aliphatic carbocycles. The molecule has 0 aromatic heterocycles. The SMILES string of the molecule is CC/C=C\C/C=C\C/C=C\C/C=C\C/C=C\C/C=C\CCCCC(=O)OC(COC(=O)CCCCCCC/C=C\C/C=C\CCCCC)COC(=O)CCCCCCCCCCCCCCCCC/C=C\C/C=C\CCCCCCC. The van der Waals surface area contributed by atoms with Gasteiger partial charge in [-0.05, 0) is 135 Å². The van der Waals surface area contributed by atoms with E-state index in [-0.39, 0.29) is 37.5 Å². The minimum Gasteiger partial charge on any atom is -0.462 e. The monoisotopic (exact) mass is 1120 g/mol. The summed E-state index contributed by atoms with van der Waals surface area (Å²) < 4.78 is 16.9. The highest BCUT2D eigenvalue weighted by molar-refractivity contribution is 5.71. The molecule has 81 heavy (non-hydrogen) atoms. The molecule has 0 fully saturated rings. The first-order valence-electron chi connectivity index (χ1n) is 34.0. The lowest BCUT2D eigenvalue weighted by atomic mass is 10.0. The Balaban J connectivity index is 4.39. The third kappa shape index (κ3) is 66.5. The molecule has 0 aliphatic rings. The Labute approximate surface area is 501 Å². The number of hydrogen-bond donors (Lipinski definition) is 0. The average Bonchev–Trinajstić information content (AvgIpc) is 3.47. The van der Waals surface area contributed by atoms with E-state index in [9.17, 15) is 14.4 Å². The van der Waals surface area contributed by atoms with Crippen molar-refractivity contribution in [3.05, 3.63) is 122 Å². The Kier molecular flexibility index (Phi) is 64.8. The highest BCUT2D eigenvalue weighted by Crippen LogP contribution is 2.16. The number of carbonyl (C=O) groups excluding carboxylic acids is 3. The zero-order chi connectivity index (χ0) is 58.5. The fourth-order valence-electron chi connectivity index (χ4n) is 9.33. The van der Waals surface area contributed by atoms with Crippen LogP contribution in [0.2, 0.25) is 0 Å². The van der Waals surface area contributed by atoms with Gasteiger partial charge < -0.3 is 14.2 Å². The number of hydrogen-bond acceptors (Lipinski definition) is 6. The molecule has 0 saturated carbocycles. The van der Waals surface area contributed by atoms with E-state index in [2.05, 4.69) is 142 Å². The fourth-order valence-corrected chi connectivity index (χ4v) is 9.33. The lowest BCUT2D eigenvalue weighted by Crippen LogP contribution is -2.30. The average molecular weight is 1120 g/mol. The smallest absolute Gasteiger partial charge is 0.306 e. The summed E-state index contributed by atoms with van der Waals surface area (Å²) in [6, 6.07) is 0. The summed E-state index contributed by atoms with van der Waals surface area (Å²) in [5.74, 6) is -0.952. The molecule has 0 spiro atoms. The largest absolute Gasteiger partial charge is 0.462 e. The first-order valence-corrected chi connectivity index (χ1v) is 34.0. The van der Waals surface area contributed by atoms with Crippen molar-refractivity contribution in [1.82, 2.24) is 0 Å². The Morgan fingerprint density at radius 1 is 0.259 bits per heavy atom. The van der Waals surface area contributed by atoms with Crippen LogP contribution in [0.25, 0.3) is 0 Å². The number of rotatable bonds is 61. The van der Waals surface area contributed by atoms with E-state index in [0.29, 0.717) is 19.3 Å². The molecule has 462 valence electrons. The van der Waals surface area contributed by atoms with Gasteiger partial charge in [-0.25, -0.2) is 0 Å². The first-order chi connectivity index (χ1) is 40.0. The predicted octanol–water partition coefficient (Wildman–Crippen LogP) is 23.6. The molecule has 0 N–H and O–H groups in total. The maximum atomic E-state index is 12.9. The summed E-state index contributed by atoms with van der Waals surface area (Å²) in [6.45, 7) is 6.47. The van der Waals surface area contributed by atoms with Crippen LogP contribution in [0, 0.1) is 0 Å². The van der Waals surface area contributed by atoms with E-state index in [1.807, 2.05) is 0 Å². The highest BCUT2D eigenvalue weighted by atomic mass is 16.6. The third-order valence-electron chi connectivity index (χ3n) is 14.4. The molecule has 0 rings (SSSR count). The maximum Gasteiger partial charge on any atom is 0.306 e. The molecule has 0 amide bonds. The highest BCUT2D eigenvalue weighted by Gasteiger charge is 2.19. The fraction of sp³-hybridized carbons (Fsp3) is 0.693. The van der Waals surface area contributed by atoms with Crippen molar-refractivity contribution < 1.29 is 28.6 Å². The number of carbonyl (C=O) groups is 3. The molecule has 1 atom stereocenters. The lowest BCUT2D eigenvalue weighted by molar-refractivity contribution is -0.167. The molecule has 6 nitrogen and oxygen atoms in total. The van der Waals surface area contributed by atoms with Gasteiger partial charge in [0.15, 0.2) is 6.10 Å². The molecule has 0 bridgehead atoms. The van der Waals surface area contributed by atoms with Gasteiger partial charge >= 0.3 is 17.9 Å². The van der Waals surface area contributed by atoms with Gasteiger partial charge in [0.2, 0.25) is 0 Å². The van der Waals surface area contributed by atoms with Crippen LogP contribution < -0.4 is 0 Å². The van der Waals surface area contributed by atoms with E-state index in [4.69, 9.17) is 14.2 Å². The molecular formula is C75H126O6. The molecule has 0 aromatic carbocycles. The molecule has 0 radical (unpaired) electrons. The maximum absolute atomic E-state index is 12.9. The third-order valence-corrected chi connectivity index (χ3v) is 14.4. The van der Waals surface area contributed by atoms with Crippen LogP contribution in [0.1, 0.15) is 316 Å². The minimum absolute atomic E-state index is 0.101. The van der Waals surface area contributed by atoms with Gasteiger partial charge in [0.25, 0.3) is 0 Å². The summed E-state index contributed by atoms with van der Waals surface area (Å²) in [5.41, 5.74) is 0. The second-order valence-electron chi connectivity index (χ2n) is 22.3. The van der Waals surface area contributed by atoms with Gasteiger partial charge in [-0.3, -0.25) is 14.4 Å². The van der Waals surface area contributed by atoms with E-state index in [0.717, 1.165) is 122 Å². The topological polar surface area (TPSA) is 78.9 Å². The second-order valence-corrected chi connectivity index (χ2v) is 22.3. The van der Waals surface area contributed by atoms with Gasteiger partial charge in [-0.15, -0.1) is 0 Å². The summed E-state index contributed by atoms with van der Waals surface area (Å²) in [5, 5.41) is 0. The molecule has 0 aliphatic heterocycles. The summed E-state index contributed by atoms with van der Waals surface area (Å²) in [6.07, 6.45) is 95.0. The van der Waals surface area contributed by atoms with Gasteiger partial charge in [-0.2, -0.15) is 0 Å². The van der Waals surface area contributed by atoms with Crippen molar-refractivity contribution in [2.75, 3.05) is 13.2 Å². The molecule has 1 unspecified atom stereocenters. The van der Waals surface area contributed by atoms with Crippen molar-refractivity contribution in [3.63, 3.8) is 0 Å². The molecule has 0 heterocycles. The van der Waals surface area contributed by atoms with Crippen molar-refractivity contribution in [3.8, 4) is 0 Å². The molecule has 6 heteroatoms. The first kappa shape index (κ1) is 76.8. The van der Waals surface area contributed by atoms with E-state index in [1.54, 1.807) is 0 Å². The minimum atomic E-state index is -0.812. The van der Waals surface area contributed by atoms with E-state index >= 15 is 0 Å². The van der Waals surface area contributed by atoms with Gasteiger partial charge in [0.1, 0.15) is 13.2 Å². The van der Waals surface area contributed by atoms with Crippen LogP contribution in [-0.2, 0) is 28.6 Å². The Bertz CT molecular complexity index is 1670. The van der Waals surface area contributed by atoms with Gasteiger partial charge in [0, 0.05) is 19.3 Å².